The van der Waals surface area contributed by atoms with Gasteiger partial charge in [0.15, 0.2) is 0 Å². The van der Waals surface area contributed by atoms with Crippen molar-refractivity contribution in [3.8, 4) is 0 Å². The van der Waals surface area contributed by atoms with Crippen LogP contribution in [0.4, 0.5) is 0 Å². The van der Waals surface area contributed by atoms with E-state index in [1.54, 1.807) is 0 Å². The zero-order valence-corrected chi connectivity index (χ0v) is 9.98. The highest BCUT2D eigenvalue weighted by Gasteiger charge is 2.33. The maximum Gasteiger partial charge on any atom is 0.134 e. The summed E-state index contributed by atoms with van der Waals surface area (Å²) in [5, 5.41) is 1.34. The molecule has 2 aliphatic rings. The molecule has 0 aliphatic carbocycles. The largest absolute Gasteiger partial charge is 0.459 e. The summed E-state index contributed by atoms with van der Waals surface area (Å²) < 4.78 is 6.12. The van der Waals surface area contributed by atoms with Gasteiger partial charge in [-0.3, -0.25) is 4.90 Å². The topological polar surface area (TPSA) is 16.4 Å². The van der Waals surface area contributed by atoms with E-state index in [9.17, 15) is 0 Å². The number of piperidine rings is 1. The molecule has 1 atom stereocenters. The first-order valence-electron chi connectivity index (χ1n) is 6.68. The van der Waals surface area contributed by atoms with Gasteiger partial charge < -0.3 is 4.42 Å². The van der Waals surface area contributed by atoms with Crippen LogP contribution in [0.15, 0.2) is 28.7 Å². The molecular weight excluding hydrogens is 210 g/mol. The minimum absolute atomic E-state index is 0.555. The molecule has 1 unspecified atom stereocenters. The van der Waals surface area contributed by atoms with Gasteiger partial charge in [-0.25, -0.2) is 0 Å². The first-order valence-corrected chi connectivity index (χ1v) is 6.68. The normalized spacial score (nSPS) is 24.6. The molecule has 0 bridgehead atoms. The van der Waals surface area contributed by atoms with E-state index in [4.69, 9.17) is 4.42 Å². The molecule has 1 saturated heterocycles. The summed E-state index contributed by atoms with van der Waals surface area (Å²) in [5.41, 5.74) is 2.55. The number of furan rings is 1. The molecule has 1 aromatic heterocycles. The molecule has 2 nitrogen and oxygen atoms in total. The predicted molar refractivity (Wildman–Crippen MR) is 68.1 cm³/mol. The van der Waals surface area contributed by atoms with Crippen molar-refractivity contribution in [3.05, 3.63) is 35.6 Å². The van der Waals surface area contributed by atoms with Gasteiger partial charge in [0.05, 0.1) is 6.04 Å². The molecule has 4 rings (SSSR count). The predicted octanol–water partition coefficient (Wildman–Crippen LogP) is 3.52. The van der Waals surface area contributed by atoms with Gasteiger partial charge in [0.1, 0.15) is 11.3 Å². The lowest BCUT2D eigenvalue weighted by molar-refractivity contribution is 0.120. The third kappa shape index (κ3) is 1.37. The Morgan fingerprint density at radius 3 is 3.06 bits per heavy atom. The van der Waals surface area contributed by atoms with E-state index in [1.165, 1.54) is 49.1 Å². The monoisotopic (exact) mass is 227 g/mol. The average Bonchev–Trinajstić information content (AvgIpc) is 2.78. The molecule has 2 aliphatic heterocycles. The Kier molecular flexibility index (Phi) is 2.06. The molecule has 0 amide bonds. The molecular formula is C15H17NO. The van der Waals surface area contributed by atoms with Gasteiger partial charge in [0, 0.05) is 17.5 Å². The summed E-state index contributed by atoms with van der Waals surface area (Å²) in [7, 11) is 0. The van der Waals surface area contributed by atoms with Crippen LogP contribution in [0.2, 0.25) is 0 Å². The number of hydrogen-bond donors (Lipinski definition) is 0. The Bertz CT molecular complexity index is 557. The number of benzene rings is 1. The second kappa shape index (κ2) is 3.61. The summed E-state index contributed by atoms with van der Waals surface area (Å²) >= 11 is 0. The number of nitrogens with zero attached hydrogens (tertiary/aromatic N) is 1. The van der Waals surface area contributed by atoms with E-state index < -0.39 is 0 Å². The van der Waals surface area contributed by atoms with Crippen molar-refractivity contribution < 1.29 is 4.42 Å². The minimum Gasteiger partial charge on any atom is -0.459 e. The second-order valence-electron chi connectivity index (χ2n) is 5.24. The lowest BCUT2D eigenvalue weighted by Crippen LogP contribution is -2.38. The Hall–Kier alpha value is -1.28. The highest BCUT2D eigenvalue weighted by Crippen LogP contribution is 2.40. The van der Waals surface area contributed by atoms with Crippen molar-refractivity contribution in [2.75, 3.05) is 13.1 Å². The summed E-state index contributed by atoms with van der Waals surface area (Å²) in [6.45, 7) is 2.46. The fourth-order valence-corrected chi connectivity index (χ4v) is 3.46. The number of para-hydroxylation sites is 1. The van der Waals surface area contributed by atoms with Crippen molar-refractivity contribution in [2.45, 2.75) is 31.7 Å². The van der Waals surface area contributed by atoms with E-state index in [2.05, 4.69) is 29.2 Å². The van der Waals surface area contributed by atoms with Crippen LogP contribution in [-0.2, 0) is 6.42 Å². The highest BCUT2D eigenvalue weighted by atomic mass is 16.3. The van der Waals surface area contributed by atoms with Crippen LogP contribution in [0.25, 0.3) is 11.0 Å². The molecule has 0 saturated carbocycles. The van der Waals surface area contributed by atoms with Gasteiger partial charge in [-0.1, -0.05) is 24.6 Å². The van der Waals surface area contributed by atoms with Crippen molar-refractivity contribution >= 4 is 11.0 Å². The molecule has 1 fully saturated rings. The van der Waals surface area contributed by atoms with Crippen LogP contribution in [0, 0.1) is 0 Å². The van der Waals surface area contributed by atoms with Gasteiger partial charge in [-0.2, -0.15) is 0 Å². The van der Waals surface area contributed by atoms with Crippen LogP contribution in [-0.4, -0.2) is 18.0 Å². The molecule has 0 spiro atoms. The van der Waals surface area contributed by atoms with E-state index in [0.29, 0.717) is 6.04 Å². The SMILES string of the molecule is c1ccc2c3c(oc2c1)C1CCCCN1CC3. The molecule has 3 heterocycles. The van der Waals surface area contributed by atoms with E-state index in [-0.39, 0.29) is 0 Å². The van der Waals surface area contributed by atoms with Crippen molar-refractivity contribution in [2.24, 2.45) is 0 Å². The van der Waals surface area contributed by atoms with E-state index in [1.807, 2.05) is 0 Å². The summed E-state index contributed by atoms with van der Waals surface area (Å²) in [6, 6.07) is 9.04. The van der Waals surface area contributed by atoms with Gasteiger partial charge in [0.2, 0.25) is 0 Å². The highest BCUT2D eigenvalue weighted by molar-refractivity contribution is 5.82. The summed E-state index contributed by atoms with van der Waals surface area (Å²) in [4.78, 5) is 2.61. The second-order valence-corrected chi connectivity index (χ2v) is 5.24. The van der Waals surface area contributed by atoms with Crippen molar-refractivity contribution in [1.82, 2.24) is 4.90 Å². The van der Waals surface area contributed by atoms with Crippen LogP contribution in [0.5, 0.6) is 0 Å². The van der Waals surface area contributed by atoms with Gasteiger partial charge >= 0.3 is 0 Å². The van der Waals surface area contributed by atoms with Crippen LogP contribution in [0.1, 0.15) is 36.6 Å². The molecule has 0 radical (unpaired) electrons. The average molecular weight is 227 g/mol. The summed E-state index contributed by atoms with van der Waals surface area (Å²) in [5.74, 6) is 1.26. The zero-order valence-electron chi connectivity index (χ0n) is 9.98. The van der Waals surface area contributed by atoms with Crippen molar-refractivity contribution in [1.29, 1.82) is 0 Å². The first-order chi connectivity index (χ1) is 8.43. The lowest BCUT2D eigenvalue weighted by Gasteiger charge is -2.38. The fraction of sp³-hybridized carbons (Fsp3) is 0.467. The Morgan fingerprint density at radius 2 is 2.06 bits per heavy atom. The van der Waals surface area contributed by atoms with E-state index in [0.717, 1.165) is 12.0 Å². The van der Waals surface area contributed by atoms with Crippen LogP contribution in [0.3, 0.4) is 0 Å². The minimum atomic E-state index is 0.555. The third-order valence-corrected chi connectivity index (χ3v) is 4.29. The lowest BCUT2D eigenvalue weighted by atomic mass is 9.91. The number of rotatable bonds is 0. The molecule has 0 N–H and O–H groups in total. The number of fused-ring (bicyclic) bond motifs is 5. The third-order valence-electron chi connectivity index (χ3n) is 4.29. The summed E-state index contributed by atoms with van der Waals surface area (Å²) in [6.07, 6.45) is 5.12. The van der Waals surface area contributed by atoms with Gasteiger partial charge in [-0.05, 0) is 31.9 Å². The fourth-order valence-electron chi connectivity index (χ4n) is 3.46. The van der Waals surface area contributed by atoms with Crippen LogP contribution < -0.4 is 0 Å². The molecule has 1 aromatic carbocycles. The molecule has 2 heteroatoms. The standard InChI is InChI=1S/C15H17NO/c1-2-7-14-11(5-1)12-8-10-16-9-4-3-6-13(16)15(12)17-14/h1-2,5,7,13H,3-4,6,8-10H2. The maximum atomic E-state index is 6.12. The van der Waals surface area contributed by atoms with Crippen LogP contribution >= 0.6 is 0 Å². The van der Waals surface area contributed by atoms with Crippen molar-refractivity contribution in [3.63, 3.8) is 0 Å². The first kappa shape index (κ1) is 9.72. The molecule has 2 aromatic rings. The van der Waals surface area contributed by atoms with E-state index >= 15 is 0 Å². The Labute approximate surface area is 101 Å². The maximum absolute atomic E-state index is 6.12. The molecule has 17 heavy (non-hydrogen) atoms. The quantitative estimate of drug-likeness (QED) is 0.684. The zero-order chi connectivity index (χ0) is 11.2. The smallest absolute Gasteiger partial charge is 0.134 e. The Morgan fingerprint density at radius 1 is 1.12 bits per heavy atom. The van der Waals surface area contributed by atoms with Gasteiger partial charge in [-0.15, -0.1) is 0 Å². The van der Waals surface area contributed by atoms with Gasteiger partial charge in [0.25, 0.3) is 0 Å². The number of hydrogen-bond acceptors (Lipinski definition) is 2. The molecule has 88 valence electrons. The Balaban J connectivity index is 1.89.